The van der Waals surface area contributed by atoms with Crippen molar-refractivity contribution in [1.29, 1.82) is 0 Å². The Bertz CT molecular complexity index is 259. The van der Waals surface area contributed by atoms with E-state index in [-0.39, 0.29) is 0 Å². The molecule has 0 aliphatic heterocycles. The molecule has 12 heavy (non-hydrogen) atoms. The third-order valence-corrected chi connectivity index (χ3v) is 2.85. The number of allylic oxidation sites excluding steroid dienone is 2. The van der Waals surface area contributed by atoms with Gasteiger partial charge < -0.3 is 0 Å². The first-order valence-corrected chi connectivity index (χ1v) is 5.08. The molecule has 0 aromatic carbocycles. The van der Waals surface area contributed by atoms with Crippen LogP contribution in [0.1, 0.15) is 45.4 Å². The SMILES string of the molecule is CC1C#CC2=C(CCCCC2)C1. The van der Waals surface area contributed by atoms with E-state index >= 15 is 0 Å². The van der Waals surface area contributed by atoms with Crippen molar-refractivity contribution < 1.29 is 0 Å². The molecule has 64 valence electrons. The highest BCUT2D eigenvalue weighted by Gasteiger charge is 2.14. The van der Waals surface area contributed by atoms with Gasteiger partial charge in [0.2, 0.25) is 0 Å². The minimum absolute atomic E-state index is 0.613. The van der Waals surface area contributed by atoms with Gasteiger partial charge in [-0.15, -0.1) is 0 Å². The van der Waals surface area contributed by atoms with Crippen LogP contribution in [0.2, 0.25) is 0 Å². The summed E-state index contributed by atoms with van der Waals surface area (Å²) in [6.07, 6.45) is 8.00. The fourth-order valence-corrected chi connectivity index (χ4v) is 2.15. The zero-order valence-electron chi connectivity index (χ0n) is 7.82. The third kappa shape index (κ3) is 1.55. The second-order valence-corrected chi connectivity index (χ2v) is 4.02. The second kappa shape index (κ2) is 3.35. The molecule has 0 saturated carbocycles. The largest absolute Gasteiger partial charge is 0.0948 e. The molecule has 0 aromatic rings. The molecule has 1 atom stereocenters. The van der Waals surface area contributed by atoms with Crippen molar-refractivity contribution >= 4 is 0 Å². The van der Waals surface area contributed by atoms with Crippen LogP contribution in [-0.4, -0.2) is 0 Å². The van der Waals surface area contributed by atoms with Gasteiger partial charge in [-0.1, -0.05) is 30.8 Å². The zero-order chi connectivity index (χ0) is 8.39. The van der Waals surface area contributed by atoms with Crippen molar-refractivity contribution in [2.24, 2.45) is 5.92 Å². The molecule has 0 amide bonds. The quantitative estimate of drug-likeness (QED) is 0.477. The van der Waals surface area contributed by atoms with E-state index in [2.05, 4.69) is 18.8 Å². The van der Waals surface area contributed by atoms with Crippen molar-refractivity contribution in [3.05, 3.63) is 11.1 Å². The summed E-state index contributed by atoms with van der Waals surface area (Å²) in [5.74, 6) is 7.25. The summed E-state index contributed by atoms with van der Waals surface area (Å²) >= 11 is 0. The predicted octanol–water partition coefficient (Wildman–Crippen LogP) is 3.29. The van der Waals surface area contributed by atoms with Crippen molar-refractivity contribution in [2.75, 3.05) is 0 Å². The Morgan fingerprint density at radius 3 is 2.92 bits per heavy atom. The molecule has 0 bridgehead atoms. The van der Waals surface area contributed by atoms with Crippen LogP contribution < -0.4 is 0 Å². The molecule has 0 N–H and O–H groups in total. The van der Waals surface area contributed by atoms with Crippen molar-refractivity contribution in [3.63, 3.8) is 0 Å². The first-order chi connectivity index (χ1) is 5.86. The highest BCUT2D eigenvalue weighted by molar-refractivity contribution is 5.38. The first-order valence-electron chi connectivity index (χ1n) is 5.08. The number of hydrogen-bond acceptors (Lipinski definition) is 0. The summed E-state index contributed by atoms with van der Waals surface area (Å²) in [7, 11) is 0. The fraction of sp³-hybridized carbons (Fsp3) is 0.667. The monoisotopic (exact) mass is 160 g/mol. The van der Waals surface area contributed by atoms with Crippen LogP contribution >= 0.6 is 0 Å². The van der Waals surface area contributed by atoms with Crippen molar-refractivity contribution in [3.8, 4) is 11.8 Å². The van der Waals surface area contributed by atoms with E-state index in [1.807, 2.05) is 0 Å². The van der Waals surface area contributed by atoms with E-state index < -0.39 is 0 Å². The van der Waals surface area contributed by atoms with E-state index in [0.29, 0.717) is 5.92 Å². The standard InChI is InChI=1S/C12H16/c1-10-7-8-11-5-3-2-4-6-12(11)9-10/h10H,2-6,9H2,1H3. The lowest BCUT2D eigenvalue weighted by Gasteiger charge is -2.14. The van der Waals surface area contributed by atoms with Gasteiger partial charge in [-0.25, -0.2) is 0 Å². The lowest BCUT2D eigenvalue weighted by molar-refractivity contribution is 0.672. The molecule has 0 fully saturated rings. The van der Waals surface area contributed by atoms with E-state index in [1.165, 1.54) is 44.1 Å². The second-order valence-electron chi connectivity index (χ2n) is 4.02. The maximum Gasteiger partial charge on any atom is 0.0215 e. The predicted molar refractivity (Wildman–Crippen MR) is 51.7 cm³/mol. The van der Waals surface area contributed by atoms with E-state index in [1.54, 1.807) is 5.57 Å². The van der Waals surface area contributed by atoms with Gasteiger partial charge in [0.1, 0.15) is 0 Å². The highest BCUT2D eigenvalue weighted by Crippen LogP contribution is 2.30. The molecule has 2 rings (SSSR count). The summed E-state index contributed by atoms with van der Waals surface area (Å²) in [5, 5.41) is 0. The van der Waals surface area contributed by atoms with Gasteiger partial charge in [-0.2, -0.15) is 0 Å². The molecule has 0 heterocycles. The maximum absolute atomic E-state index is 3.34. The van der Waals surface area contributed by atoms with Gasteiger partial charge in [0.15, 0.2) is 0 Å². The smallest absolute Gasteiger partial charge is 0.0215 e. The average Bonchev–Trinajstić information content (AvgIpc) is 2.28. The summed E-state index contributed by atoms with van der Waals surface area (Å²) in [5.41, 5.74) is 3.17. The molecule has 0 nitrogen and oxygen atoms in total. The average molecular weight is 160 g/mol. The third-order valence-electron chi connectivity index (χ3n) is 2.85. The van der Waals surface area contributed by atoms with Gasteiger partial charge in [0, 0.05) is 11.5 Å². The number of rotatable bonds is 0. The Labute approximate surface area is 75.1 Å². The molecule has 1 unspecified atom stereocenters. The normalized spacial score (nSPS) is 28.6. The molecular formula is C12H16. The summed E-state index contributed by atoms with van der Waals surface area (Å²) in [4.78, 5) is 0. The summed E-state index contributed by atoms with van der Waals surface area (Å²) < 4.78 is 0. The van der Waals surface area contributed by atoms with Crippen LogP contribution in [0, 0.1) is 17.8 Å². The molecular weight excluding hydrogens is 144 g/mol. The van der Waals surface area contributed by atoms with Gasteiger partial charge in [-0.05, 0) is 32.1 Å². The van der Waals surface area contributed by atoms with Crippen molar-refractivity contribution in [2.45, 2.75) is 45.4 Å². The van der Waals surface area contributed by atoms with Crippen LogP contribution in [0.25, 0.3) is 0 Å². The minimum atomic E-state index is 0.613. The Kier molecular flexibility index (Phi) is 2.21. The Balaban J connectivity index is 2.20. The molecule has 0 radical (unpaired) electrons. The van der Waals surface area contributed by atoms with Crippen LogP contribution in [0.3, 0.4) is 0 Å². The Morgan fingerprint density at radius 1 is 1.17 bits per heavy atom. The lowest BCUT2D eigenvalue weighted by Crippen LogP contribution is -2.01. The van der Waals surface area contributed by atoms with E-state index in [0.717, 1.165) is 0 Å². The molecule has 0 aromatic heterocycles. The van der Waals surface area contributed by atoms with Crippen LogP contribution in [0.4, 0.5) is 0 Å². The highest BCUT2D eigenvalue weighted by atomic mass is 14.2. The van der Waals surface area contributed by atoms with Crippen LogP contribution in [-0.2, 0) is 0 Å². The van der Waals surface area contributed by atoms with Gasteiger partial charge in [-0.3, -0.25) is 0 Å². The van der Waals surface area contributed by atoms with E-state index in [9.17, 15) is 0 Å². The van der Waals surface area contributed by atoms with Crippen molar-refractivity contribution in [1.82, 2.24) is 0 Å². The van der Waals surface area contributed by atoms with Gasteiger partial charge >= 0.3 is 0 Å². The zero-order valence-corrected chi connectivity index (χ0v) is 7.82. The molecule has 0 saturated heterocycles. The Hall–Kier alpha value is -0.700. The Morgan fingerprint density at radius 2 is 2.00 bits per heavy atom. The summed E-state index contributed by atoms with van der Waals surface area (Å²) in [6, 6.07) is 0. The number of hydrogen-bond donors (Lipinski definition) is 0. The fourth-order valence-electron chi connectivity index (χ4n) is 2.15. The van der Waals surface area contributed by atoms with Gasteiger partial charge in [0.05, 0.1) is 0 Å². The van der Waals surface area contributed by atoms with Gasteiger partial charge in [0.25, 0.3) is 0 Å². The summed E-state index contributed by atoms with van der Waals surface area (Å²) in [6.45, 7) is 2.24. The minimum Gasteiger partial charge on any atom is -0.0948 e. The van der Waals surface area contributed by atoms with Crippen LogP contribution in [0.5, 0.6) is 0 Å². The molecule has 2 aliphatic rings. The topological polar surface area (TPSA) is 0 Å². The lowest BCUT2D eigenvalue weighted by atomic mass is 9.90. The molecule has 2 aliphatic carbocycles. The first kappa shape index (κ1) is 7.92. The molecule has 0 spiro atoms. The molecule has 0 heteroatoms. The maximum atomic E-state index is 3.34. The van der Waals surface area contributed by atoms with E-state index in [4.69, 9.17) is 0 Å². The van der Waals surface area contributed by atoms with Crippen LogP contribution in [0.15, 0.2) is 11.1 Å².